The van der Waals surface area contributed by atoms with Gasteiger partial charge >= 0.3 is 0 Å². The number of nitrogens with two attached hydrogens (primary N) is 1. The summed E-state index contributed by atoms with van der Waals surface area (Å²) in [5.41, 5.74) is 5.49. The van der Waals surface area contributed by atoms with Gasteiger partial charge < -0.3 is 11.1 Å². The minimum absolute atomic E-state index is 0.0376. The Hall–Kier alpha value is -0.390. The van der Waals surface area contributed by atoms with Crippen LogP contribution in [0.2, 0.25) is 0 Å². The number of rotatable bonds is 3. The second-order valence-corrected chi connectivity index (χ2v) is 4.69. The summed E-state index contributed by atoms with van der Waals surface area (Å²) in [6.07, 6.45) is 0.357. The molecule has 3 nitrogen and oxygen atoms in total. The average molecular weight is 263 g/mol. The number of hydrogen-bond donors (Lipinski definition) is 2. The first-order valence-electron chi connectivity index (χ1n) is 3.87. The molecular weight excluding hydrogens is 252 g/mol. The van der Waals surface area contributed by atoms with Crippen molar-refractivity contribution < 1.29 is 4.79 Å². The highest BCUT2D eigenvalue weighted by molar-refractivity contribution is 9.10. The molecule has 0 saturated carbocycles. The second-order valence-electron chi connectivity index (χ2n) is 2.86. The Kier molecular flexibility index (Phi) is 3.90. The molecule has 1 aromatic heterocycles. The molecule has 13 heavy (non-hydrogen) atoms. The first-order chi connectivity index (χ1) is 6.08. The molecule has 0 aliphatic carbocycles. The van der Waals surface area contributed by atoms with Crippen LogP contribution in [-0.4, -0.2) is 11.9 Å². The van der Waals surface area contributed by atoms with Crippen LogP contribution >= 0.6 is 27.3 Å². The van der Waals surface area contributed by atoms with E-state index in [0.717, 1.165) is 9.47 Å². The van der Waals surface area contributed by atoms with Gasteiger partial charge in [-0.25, -0.2) is 0 Å². The molecule has 1 unspecified atom stereocenters. The van der Waals surface area contributed by atoms with Gasteiger partial charge in [-0.15, -0.1) is 11.3 Å². The second kappa shape index (κ2) is 4.74. The summed E-state index contributed by atoms with van der Waals surface area (Å²) in [7, 11) is 0. The fraction of sp³-hybridized carbons (Fsp3) is 0.375. The molecule has 3 N–H and O–H groups in total. The van der Waals surface area contributed by atoms with Crippen molar-refractivity contribution in [3.8, 4) is 0 Å². The van der Waals surface area contributed by atoms with E-state index in [-0.39, 0.29) is 11.9 Å². The fourth-order valence-electron chi connectivity index (χ4n) is 0.859. The monoisotopic (exact) mass is 262 g/mol. The standard InChI is InChI=1S/C8H11BrN2OS/c1-5(10)2-7(12)11-8-3-6(9)4-13-8/h3-5H,2,10H2,1H3,(H,11,12). The third-order valence-corrected chi connectivity index (χ3v) is 2.94. The minimum Gasteiger partial charge on any atom is -0.327 e. The quantitative estimate of drug-likeness (QED) is 0.878. The van der Waals surface area contributed by atoms with Gasteiger partial charge in [0, 0.05) is 22.3 Å². The lowest BCUT2D eigenvalue weighted by Gasteiger charge is -2.04. The first kappa shape index (κ1) is 10.7. The highest BCUT2D eigenvalue weighted by Crippen LogP contribution is 2.24. The Morgan fingerprint density at radius 2 is 2.54 bits per heavy atom. The van der Waals surface area contributed by atoms with Crippen LogP contribution in [0.1, 0.15) is 13.3 Å². The van der Waals surface area contributed by atoms with Gasteiger partial charge in [0.2, 0.25) is 5.91 Å². The van der Waals surface area contributed by atoms with E-state index in [4.69, 9.17) is 5.73 Å². The molecule has 1 rings (SSSR count). The normalized spacial score (nSPS) is 12.5. The Balaban J connectivity index is 2.45. The summed E-state index contributed by atoms with van der Waals surface area (Å²) in [6, 6.07) is 1.77. The van der Waals surface area contributed by atoms with Crippen LogP contribution in [-0.2, 0) is 4.79 Å². The smallest absolute Gasteiger partial charge is 0.226 e. The van der Waals surface area contributed by atoms with Crippen LogP contribution in [0.25, 0.3) is 0 Å². The van der Waals surface area contributed by atoms with Crippen molar-refractivity contribution in [2.75, 3.05) is 5.32 Å². The molecule has 0 radical (unpaired) electrons. The van der Waals surface area contributed by atoms with Crippen molar-refractivity contribution in [2.45, 2.75) is 19.4 Å². The van der Waals surface area contributed by atoms with E-state index in [1.807, 2.05) is 18.4 Å². The topological polar surface area (TPSA) is 55.1 Å². The maximum Gasteiger partial charge on any atom is 0.226 e. The lowest BCUT2D eigenvalue weighted by Crippen LogP contribution is -2.23. The van der Waals surface area contributed by atoms with Crippen molar-refractivity contribution in [3.05, 3.63) is 15.9 Å². The Morgan fingerprint density at radius 1 is 1.85 bits per heavy atom. The zero-order valence-corrected chi connectivity index (χ0v) is 9.61. The molecule has 5 heteroatoms. The lowest BCUT2D eigenvalue weighted by atomic mass is 10.2. The van der Waals surface area contributed by atoms with Gasteiger partial charge in [-0.2, -0.15) is 0 Å². The van der Waals surface area contributed by atoms with Gasteiger partial charge in [0.15, 0.2) is 0 Å². The molecule has 0 aliphatic rings. The molecule has 0 bridgehead atoms. The third kappa shape index (κ3) is 3.89. The minimum atomic E-state index is -0.0941. The van der Waals surface area contributed by atoms with Gasteiger partial charge in [0.1, 0.15) is 0 Å². The average Bonchev–Trinajstić information content (AvgIpc) is 2.33. The van der Waals surface area contributed by atoms with Crippen molar-refractivity contribution in [1.82, 2.24) is 0 Å². The number of halogens is 1. The van der Waals surface area contributed by atoms with Gasteiger partial charge in [-0.3, -0.25) is 4.79 Å². The number of carbonyl (C=O) groups is 1. The lowest BCUT2D eigenvalue weighted by molar-refractivity contribution is -0.116. The summed E-state index contributed by atoms with van der Waals surface area (Å²) < 4.78 is 0.980. The summed E-state index contributed by atoms with van der Waals surface area (Å²) in [6.45, 7) is 1.81. The molecule has 0 fully saturated rings. The van der Waals surface area contributed by atoms with Crippen molar-refractivity contribution in [2.24, 2.45) is 5.73 Å². The number of amides is 1. The van der Waals surface area contributed by atoms with E-state index < -0.39 is 0 Å². The van der Waals surface area contributed by atoms with E-state index in [1.54, 1.807) is 0 Å². The van der Waals surface area contributed by atoms with Crippen molar-refractivity contribution in [3.63, 3.8) is 0 Å². The number of anilines is 1. The maximum atomic E-state index is 11.2. The highest BCUT2D eigenvalue weighted by atomic mass is 79.9. The Morgan fingerprint density at radius 3 is 3.00 bits per heavy atom. The molecule has 1 heterocycles. The predicted molar refractivity (Wildman–Crippen MR) is 58.9 cm³/mol. The molecule has 0 spiro atoms. The molecule has 0 aliphatic heterocycles. The van der Waals surface area contributed by atoms with Crippen LogP contribution in [0.5, 0.6) is 0 Å². The number of hydrogen-bond acceptors (Lipinski definition) is 3. The van der Waals surface area contributed by atoms with Crippen LogP contribution in [0, 0.1) is 0 Å². The van der Waals surface area contributed by atoms with Gasteiger partial charge in [-0.05, 0) is 28.9 Å². The fourth-order valence-corrected chi connectivity index (χ4v) is 2.20. The first-order valence-corrected chi connectivity index (χ1v) is 5.54. The highest BCUT2D eigenvalue weighted by Gasteiger charge is 2.06. The van der Waals surface area contributed by atoms with Crippen molar-refractivity contribution >= 4 is 38.2 Å². The van der Waals surface area contributed by atoms with E-state index in [1.165, 1.54) is 11.3 Å². The SMILES string of the molecule is CC(N)CC(=O)Nc1cc(Br)cs1. The Bertz CT molecular complexity index is 298. The summed E-state index contributed by atoms with van der Waals surface area (Å²) >= 11 is 4.79. The molecule has 0 saturated heterocycles. The van der Waals surface area contributed by atoms with Crippen LogP contribution in [0.4, 0.5) is 5.00 Å². The number of thiophene rings is 1. The van der Waals surface area contributed by atoms with E-state index >= 15 is 0 Å². The largest absolute Gasteiger partial charge is 0.327 e. The zero-order valence-electron chi connectivity index (χ0n) is 7.21. The molecular formula is C8H11BrN2OS. The van der Waals surface area contributed by atoms with Gasteiger partial charge in [-0.1, -0.05) is 0 Å². The predicted octanol–water partition coefficient (Wildman–Crippen LogP) is 2.19. The van der Waals surface area contributed by atoms with E-state index in [9.17, 15) is 4.79 Å². The Labute approximate surface area is 89.5 Å². The molecule has 0 aromatic carbocycles. The van der Waals surface area contributed by atoms with Gasteiger partial charge in [0.05, 0.1) is 5.00 Å². The zero-order chi connectivity index (χ0) is 9.84. The third-order valence-electron chi connectivity index (χ3n) is 1.34. The van der Waals surface area contributed by atoms with Crippen LogP contribution in [0.15, 0.2) is 15.9 Å². The molecule has 1 aromatic rings. The summed E-state index contributed by atoms with van der Waals surface area (Å²) in [4.78, 5) is 11.2. The summed E-state index contributed by atoms with van der Waals surface area (Å²) in [5.74, 6) is -0.0376. The molecule has 72 valence electrons. The van der Waals surface area contributed by atoms with E-state index in [2.05, 4.69) is 21.2 Å². The van der Waals surface area contributed by atoms with E-state index in [0.29, 0.717) is 6.42 Å². The number of nitrogens with one attached hydrogen (secondary N) is 1. The molecule has 1 amide bonds. The van der Waals surface area contributed by atoms with Crippen LogP contribution < -0.4 is 11.1 Å². The number of carbonyl (C=O) groups excluding carboxylic acids is 1. The van der Waals surface area contributed by atoms with Gasteiger partial charge in [0.25, 0.3) is 0 Å². The summed E-state index contributed by atoms with van der Waals surface area (Å²) in [5, 5.41) is 5.53. The maximum absolute atomic E-state index is 11.2. The van der Waals surface area contributed by atoms with Crippen LogP contribution in [0.3, 0.4) is 0 Å². The van der Waals surface area contributed by atoms with Crippen molar-refractivity contribution in [1.29, 1.82) is 0 Å². The molecule has 1 atom stereocenters.